The standard InChI is InChI=1S/C21H27N5O4S2/c1-2-10-26-19(23-24-21(26)31-18-8-3-4-9-22-20(18)27)16-6-5-7-17(15-16)32(28,29)25-11-13-30-14-12-25/h2,5-7,15,18H,1,3-4,8-14H2,(H,22,27)/t18-/m0/s1. The van der Waals surface area contributed by atoms with E-state index < -0.39 is 10.0 Å². The summed E-state index contributed by atoms with van der Waals surface area (Å²) in [6, 6.07) is 6.74. The number of sulfonamides is 1. The van der Waals surface area contributed by atoms with Gasteiger partial charge in [0.2, 0.25) is 15.9 Å². The molecule has 11 heteroatoms. The van der Waals surface area contributed by atoms with Crippen molar-refractivity contribution < 1.29 is 17.9 Å². The molecule has 4 rings (SSSR count). The summed E-state index contributed by atoms with van der Waals surface area (Å²) in [4.78, 5) is 12.6. The molecule has 1 atom stereocenters. The summed E-state index contributed by atoms with van der Waals surface area (Å²) in [6.07, 6.45) is 4.45. The zero-order valence-corrected chi connectivity index (χ0v) is 19.4. The number of hydrogen-bond donors (Lipinski definition) is 1. The Kier molecular flexibility index (Phi) is 7.29. The molecule has 9 nitrogen and oxygen atoms in total. The normalized spacial score (nSPS) is 20.5. The number of thioether (sulfide) groups is 1. The predicted molar refractivity (Wildman–Crippen MR) is 122 cm³/mol. The van der Waals surface area contributed by atoms with Crippen LogP contribution in [0.4, 0.5) is 0 Å². The number of benzene rings is 1. The Hall–Kier alpha value is -2.21. The van der Waals surface area contributed by atoms with Crippen LogP contribution in [0, 0.1) is 0 Å². The van der Waals surface area contributed by atoms with Crippen LogP contribution in [0.3, 0.4) is 0 Å². The lowest BCUT2D eigenvalue weighted by Crippen LogP contribution is -2.40. The molecule has 0 saturated carbocycles. The number of rotatable bonds is 7. The molecule has 2 aliphatic rings. The molecule has 2 saturated heterocycles. The fourth-order valence-electron chi connectivity index (χ4n) is 3.77. The van der Waals surface area contributed by atoms with E-state index in [1.807, 2.05) is 10.6 Å². The van der Waals surface area contributed by atoms with Gasteiger partial charge >= 0.3 is 0 Å². The molecule has 172 valence electrons. The van der Waals surface area contributed by atoms with Crippen molar-refractivity contribution in [1.29, 1.82) is 0 Å². The molecule has 2 aliphatic heterocycles. The van der Waals surface area contributed by atoms with E-state index in [1.165, 1.54) is 16.1 Å². The fourth-order valence-corrected chi connectivity index (χ4v) is 6.33. The van der Waals surface area contributed by atoms with Crippen molar-refractivity contribution in [3.8, 4) is 11.4 Å². The van der Waals surface area contributed by atoms with Crippen LogP contribution in [-0.2, 0) is 26.1 Å². The molecule has 32 heavy (non-hydrogen) atoms. The molecule has 0 unspecified atom stereocenters. The number of allylic oxidation sites excluding steroid dienone is 1. The second-order valence-electron chi connectivity index (χ2n) is 7.64. The fraction of sp³-hybridized carbons (Fsp3) is 0.476. The number of aromatic nitrogens is 3. The molecule has 3 heterocycles. The van der Waals surface area contributed by atoms with Gasteiger partial charge in [-0.25, -0.2) is 8.42 Å². The quantitative estimate of drug-likeness (QED) is 0.607. The molecule has 0 bridgehead atoms. The molecular formula is C21H27N5O4S2. The van der Waals surface area contributed by atoms with E-state index in [-0.39, 0.29) is 16.1 Å². The molecule has 2 fully saturated rings. The van der Waals surface area contributed by atoms with Gasteiger partial charge in [-0.1, -0.05) is 36.4 Å². The smallest absolute Gasteiger partial charge is 0.243 e. The zero-order valence-electron chi connectivity index (χ0n) is 17.8. The molecule has 0 aliphatic carbocycles. The lowest BCUT2D eigenvalue weighted by atomic mass is 10.2. The van der Waals surface area contributed by atoms with Crippen molar-refractivity contribution >= 4 is 27.7 Å². The average molecular weight is 478 g/mol. The molecule has 1 N–H and O–H groups in total. The van der Waals surface area contributed by atoms with Crippen LogP contribution in [-0.4, -0.2) is 71.5 Å². The second-order valence-corrected chi connectivity index (χ2v) is 10.8. The summed E-state index contributed by atoms with van der Waals surface area (Å²) in [5.41, 5.74) is 0.644. The van der Waals surface area contributed by atoms with Crippen molar-refractivity contribution in [2.75, 3.05) is 32.8 Å². The van der Waals surface area contributed by atoms with Crippen LogP contribution in [0.15, 0.2) is 47.0 Å². The van der Waals surface area contributed by atoms with Gasteiger partial charge in [-0.05, 0) is 25.0 Å². The third-order valence-electron chi connectivity index (χ3n) is 5.46. The third kappa shape index (κ3) is 4.90. The van der Waals surface area contributed by atoms with Gasteiger partial charge in [0.05, 0.1) is 23.4 Å². The van der Waals surface area contributed by atoms with E-state index in [0.717, 1.165) is 19.3 Å². The van der Waals surface area contributed by atoms with Crippen molar-refractivity contribution in [3.05, 3.63) is 36.9 Å². The van der Waals surface area contributed by atoms with E-state index in [0.29, 0.717) is 55.9 Å². The highest BCUT2D eigenvalue weighted by Crippen LogP contribution is 2.31. The summed E-state index contributed by atoms with van der Waals surface area (Å²) >= 11 is 1.39. The summed E-state index contributed by atoms with van der Waals surface area (Å²) in [5.74, 6) is 0.557. The van der Waals surface area contributed by atoms with Crippen LogP contribution in [0.1, 0.15) is 19.3 Å². The Labute approximate surface area is 192 Å². The van der Waals surface area contributed by atoms with Gasteiger partial charge < -0.3 is 10.1 Å². The van der Waals surface area contributed by atoms with Crippen molar-refractivity contribution in [3.63, 3.8) is 0 Å². The van der Waals surface area contributed by atoms with Crippen LogP contribution >= 0.6 is 11.8 Å². The number of morpholine rings is 1. The molecule has 0 spiro atoms. The summed E-state index contributed by atoms with van der Waals surface area (Å²) in [7, 11) is -3.63. The maximum absolute atomic E-state index is 13.1. The average Bonchev–Trinajstić information content (AvgIpc) is 3.09. The first-order valence-electron chi connectivity index (χ1n) is 10.7. The highest BCUT2D eigenvalue weighted by atomic mass is 32.2. The maximum Gasteiger partial charge on any atom is 0.243 e. The number of ether oxygens (including phenoxy) is 1. The minimum atomic E-state index is -3.63. The number of amides is 1. The molecule has 0 radical (unpaired) electrons. The van der Waals surface area contributed by atoms with Crippen molar-refractivity contribution in [1.82, 2.24) is 24.4 Å². The second kappa shape index (κ2) is 10.2. The molecular weight excluding hydrogens is 450 g/mol. The third-order valence-corrected chi connectivity index (χ3v) is 8.60. The largest absolute Gasteiger partial charge is 0.379 e. The van der Waals surface area contributed by atoms with Crippen LogP contribution in [0.25, 0.3) is 11.4 Å². The van der Waals surface area contributed by atoms with E-state index in [9.17, 15) is 13.2 Å². The van der Waals surface area contributed by atoms with E-state index in [2.05, 4.69) is 22.1 Å². The maximum atomic E-state index is 13.1. The predicted octanol–water partition coefficient (Wildman–Crippen LogP) is 1.91. The van der Waals surface area contributed by atoms with Gasteiger partial charge in [-0.3, -0.25) is 9.36 Å². The minimum Gasteiger partial charge on any atom is -0.379 e. The number of hydrogen-bond acceptors (Lipinski definition) is 7. The number of carbonyl (C=O) groups is 1. The molecule has 1 aromatic heterocycles. The first kappa shape index (κ1) is 23.0. The first-order valence-corrected chi connectivity index (χ1v) is 13.0. The lowest BCUT2D eigenvalue weighted by Gasteiger charge is -2.26. The Balaban J connectivity index is 1.64. The highest BCUT2D eigenvalue weighted by Gasteiger charge is 2.28. The first-order chi connectivity index (χ1) is 15.5. The SMILES string of the molecule is C=CCn1c(S[C@H]2CCCCNC2=O)nnc1-c1cccc(S(=O)(=O)N2CCOCC2)c1. The summed E-state index contributed by atoms with van der Waals surface area (Å²) < 4.78 is 34.8. The Bertz CT molecular complexity index is 1080. The lowest BCUT2D eigenvalue weighted by molar-refractivity contribution is -0.120. The number of nitrogens with zero attached hydrogens (tertiary/aromatic N) is 4. The topological polar surface area (TPSA) is 106 Å². The number of nitrogens with one attached hydrogen (secondary N) is 1. The van der Waals surface area contributed by atoms with Crippen molar-refractivity contribution in [2.45, 2.75) is 41.1 Å². The van der Waals surface area contributed by atoms with Crippen molar-refractivity contribution in [2.24, 2.45) is 0 Å². The Morgan fingerprint density at radius 2 is 2.06 bits per heavy atom. The number of carbonyl (C=O) groups excluding carboxylic acids is 1. The Morgan fingerprint density at radius 3 is 2.84 bits per heavy atom. The van der Waals surface area contributed by atoms with Gasteiger partial charge in [-0.2, -0.15) is 4.31 Å². The molecule has 1 amide bonds. The molecule has 1 aromatic carbocycles. The van der Waals surface area contributed by atoms with Crippen LogP contribution in [0.5, 0.6) is 0 Å². The zero-order chi connectivity index (χ0) is 22.6. The molecule has 2 aromatic rings. The van der Waals surface area contributed by atoms with E-state index in [4.69, 9.17) is 4.74 Å². The van der Waals surface area contributed by atoms with Crippen LogP contribution < -0.4 is 5.32 Å². The van der Waals surface area contributed by atoms with Gasteiger partial charge in [0.15, 0.2) is 11.0 Å². The summed E-state index contributed by atoms with van der Waals surface area (Å²) in [5, 5.41) is 12.0. The monoisotopic (exact) mass is 477 g/mol. The Morgan fingerprint density at radius 1 is 1.25 bits per heavy atom. The van der Waals surface area contributed by atoms with Gasteiger partial charge in [0.1, 0.15) is 0 Å². The van der Waals surface area contributed by atoms with Gasteiger partial charge in [0.25, 0.3) is 0 Å². The van der Waals surface area contributed by atoms with Gasteiger partial charge in [0, 0.05) is 31.7 Å². The minimum absolute atomic E-state index is 0.0146. The highest BCUT2D eigenvalue weighted by molar-refractivity contribution is 8.00. The van der Waals surface area contributed by atoms with E-state index >= 15 is 0 Å². The van der Waals surface area contributed by atoms with E-state index in [1.54, 1.807) is 24.3 Å². The van der Waals surface area contributed by atoms with Crippen LogP contribution in [0.2, 0.25) is 0 Å². The van der Waals surface area contributed by atoms with Gasteiger partial charge in [-0.15, -0.1) is 16.8 Å². The summed E-state index contributed by atoms with van der Waals surface area (Å²) in [6.45, 7) is 6.43.